The first-order valence-electron chi connectivity index (χ1n) is 36.6. The van der Waals surface area contributed by atoms with Gasteiger partial charge in [0.25, 0.3) is 0 Å². The van der Waals surface area contributed by atoms with Crippen molar-refractivity contribution in [1.82, 2.24) is 5.32 Å². The minimum atomic E-state index is -1.57. The van der Waals surface area contributed by atoms with Gasteiger partial charge in [0.1, 0.15) is 24.4 Å². The predicted octanol–water partition coefficient (Wildman–Crippen LogP) is 18.8. The second-order valence-corrected chi connectivity index (χ2v) is 25.7. The molecule has 0 aromatic rings. The molecular weight excluding hydrogens is 1050 g/mol. The number of unbranched alkanes of at least 4 members (excludes halogenated alkanes) is 49. The van der Waals surface area contributed by atoms with Gasteiger partial charge in [-0.1, -0.05) is 321 Å². The molecule has 84 heavy (non-hydrogen) atoms. The van der Waals surface area contributed by atoms with Crippen LogP contribution >= 0.6 is 0 Å². The van der Waals surface area contributed by atoms with Crippen LogP contribution in [0.15, 0.2) is 24.3 Å². The lowest BCUT2D eigenvalue weighted by atomic mass is 9.99. The van der Waals surface area contributed by atoms with Crippen LogP contribution in [0.4, 0.5) is 0 Å². The average molecular weight is 1190 g/mol. The van der Waals surface area contributed by atoms with Crippen molar-refractivity contribution in [3.8, 4) is 0 Å². The fourth-order valence-electron chi connectivity index (χ4n) is 11.8. The van der Waals surface area contributed by atoms with E-state index >= 15 is 0 Å². The molecule has 1 aliphatic heterocycles. The van der Waals surface area contributed by atoms with E-state index in [4.69, 9.17) is 14.2 Å². The molecule has 0 aromatic heterocycles. The van der Waals surface area contributed by atoms with Gasteiger partial charge in [-0.05, 0) is 57.8 Å². The SMILES string of the molecule is CCCCCCCCC/C=C\CCCCCCCC(=O)OCCCCCCCCCCCCCCCCCCCCCCCCCCCCCCCCCC(=O)NC(COC1OC(CO)C(O)C(O)C1O)C(O)/C=C/CCCCCCCCC. The van der Waals surface area contributed by atoms with Crippen LogP contribution in [0.25, 0.3) is 0 Å². The summed E-state index contributed by atoms with van der Waals surface area (Å²) in [5.74, 6) is -0.172. The van der Waals surface area contributed by atoms with Crippen LogP contribution in [-0.4, -0.2) is 100 Å². The number of allylic oxidation sites excluding steroid dienone is 3. The summed E-state index contributed by atoms with van der Waals surface area (Å²) in [6.07, 6.45) is 69.1. The standard InChI is InChI=1S/C73H139NO10/c1-3-5-7-9-11-13-14-15-16-35-38-41-45-49-53-57-61-69(78)82-62-58-54-50-46-42-39-36-33-31-29-27-25-23-21-19-17-18-20-22-24-26-28-30-32-34-37-40-44-48-52-56-60-68(77)74-65(66(76)59-55-51-47-43-12-10-8-6-4-2)64-83-73-72(81)71(80)70(79)67(63-75)84-73/h16,35,55,59,65-67,70-73,75-76,79-81H,3-15,17-34,36-54,56-58,60-64H2,1-2H3,(H,74,77)/b35-16-,59-55+. The van der Waals surface area contributed by atoms with E-state index in [-0.39, 0.29) is 18.5 Å². The first-order valence-corrected chi connectivity index (χ1v) is 36.6. The van der Waals surface area contributed by atoms with Gasteiger partial charge in [0, 0.05) is 12.8 Å². The Morgan fingerprint density at radius 1 is 0.429 bits per heavy atom. The number of hydrogen-bond acceptors (Lipinski definition) is 10. The molecule has 0 aromatic carbocycles. The summed E-state index contributed by atoms with van der Waals surface area (Å²) in [4.78, 5) is 25.1. The Kier molecular flexibility index (Phi) is 59.9. The Morgan fingerprint density at radius 2 is 0.762 bits per heavy atom. The maximum absolute atomic E-state index is 13.0. The van der Waals surface area contributed by atoms with Crippen LogP contribution in [-0.2, 0) is 23.8 Å². The molecule has 0 bridgehead atoms. The monoisotopic (exact) mass is 1190 g/mol. The van der Waals surface area contributed by atoms with Crippen molar-refractivity contribution in [2.45, 2.75) is 410 Å². The average Bonchev–Trinajstić information content (AvgIpc) is 3.68. The van der Waals surface area contributed by atoms with Crippen LogP contribution in [0.5, 0.6) is 0 Å². The van der Waals surface area contributed by atoms with Crippen LogP contribution in [0, 0.1) is 0 Å². The van der Waals surface area contributed by atoms with Crippen molar-refractivity contribution in [2.75, 3.05) is 19.8 Å². The molecular formula is C73H139NO10. The quantitative estimate of drug-likeness (QED) is 0.0195. The van der Waals surface area contributed by atoms with Gasteiger partial charge in [-0.15, -0.1) is 0 Å². The highest BCUT2D eigenvalue weighted by Gasteiger charge is 2.44. The Balaban J connectivity index is 1.88. The van der Waals surface area contributed by atoms with E-state index in [0.29, 0.717) is 19.4 Å². The molecule has 0 saturated carbocycles. The third-order valence-electron chi connectivity index (χ3n) is 17.6. The van der Waals surface area contributed by atoms with Crippen LogP contribution < -0.4 is 5.32 Å². The number of rotatable bonds is 65. The van der Waals surface area contributed by atoms with Crippen molar-refractivity contribution >= 4 is 11.9 Å². The Labute approximate surface area is 518 Å². The van der Waals surface area contributed by atoms with E-state index in [1.807, 2.05) is 6.08 Å². The zero-order valence-electron chi connectivity index (χ0n) is 55.1. The van der Waals surface area contributed by atoms with Gasteiger partial charge in [-0.25, -0.2) is 0 Å². The number of nitrogens with one attached hydrogen (secondary N) is 1. The summed E-state index contributed by atoms with van der Waals surface area (Å²) in [5.41, 5.74) is 0. The zero-order valence-corrected chi connectivity index (χ0v) is 55.1. The molecule has 0 aliphatic carbocycles. The molecule has 0 spiro atoms. The number of aliphatic hydroxyl groups is 5. The molecule has 496 valence electrons. The van der Waals surface area contributed by atoms with E-state index < -0.39 is 49.5 Å². The number of ether oxygens (including phenoxy) is 3. The molecule has 11 heteroatoms. The molecule has 11 nitrogen and oxygen atoms in total. The highest BCUT2D eigenvalue weighted by molar-refractivity contribution is 5.76. The predicted molar refractivity (Wildman–Crippen MR) is 352 cm³/mol. The van der Waals surface area contributed by atoms with E-state index in [1.165, 1.54) is 283 Å². The summed E-state index contributed by atoms with van der Waals surface area (Å²) < 4.78 is 16.7. The third kappa shape index (κ3) is 51.1. The number of carbonyl (C=O) groups excluding carboxylic acids is 2. The summed E-state index contributed by atoms with van der Waals surface area (Å²) in [6, 6.07) is -0.805. The number of hydrogen-bond donors (Lipinski definition) is 6. The molecule has 1 heterocycles. The maximum atomic E-state index is 13.0. The van der Waals surface area contributed by atoms with E-state index in [2.05, 4.69) is 31.3 Å². The maximum Gasteiger partial charge on any atom is 0.305 e. The normalized spacial score (nSPS) is 18.1. The topological polar surface area (TPSA) is 175 Å². The van der Waals surface area contributed by atoms with Crippen molar-refractivity contribution in [3.63, 3.8) is 0 Å². The second kappa shape index (κ2) is 62.7. The fraction of sp³-hybridized carbons (Fsp3) is 0.918. The highest BCUT2D eigenvalue weighted by Crippen LogP contribution is 2.24. The Hall–Kier alpha value is -1.86. The fourth-order valence-corrected chi connectivity index (χ4v) is 11.8. The minimum absolute atomic E-state index is 0.00593. The smallest absolute Gasteiger partial charge is 0.305 e. The summed E-state index contributed by atoms with van der Waals surface area (Å²) in [6.45, 7) is 4.35. The molecule has 1 saturated heterocycles. The molecule has 1 amide bonds. The van der Waals surface area contributed by atoms with Gasteiger partial charge in [0.05, 0.1) is 32.0 Å². The first kappa shape index (κ1) is 80.2. The lowest BCUT2D eigenvalue weighted by Gasteiger charge is -2.40. The Bertz CT molecular complexity index is 1440. The van der Waals surface area contributed by atoms with Gasteiger partial charge >= 0.3 is 5.97 Å². The van der Waals surface area contributed by atoms with Gasteiger partial charge in [0.2, 0.25) is 5.91 Å². The van der Waals surface area contributed by atoms with Crippen molar-refractivity contribution in [1.29, 1.82) is 0 Å². The number of carbonyl (C=O) groups is 2. The molecule has 6 N–H and O–H groups in total. The molecule has 1 aliphatic rings. The highest BCUT2D eigenvalue weighted by atomic mass is 16.7. The first-order chi connectivity index (χ1) is 41.2. The number of aliphatic hydroxyl groups excluding tert-OH is 5. The second-order valence-electron chi connectivity index (χ2n) is 25.7. The van der Waals surface area contributed by atoms with Gasteiger partial charge < -0.3 is 45.1 Å². The van der Waals surface area contributed by atoms with Crippen LogP contribution in [0.2, 0.25) is 0 Å². The van der Waals surface area contributed by atoms with E-state index in [9.17, 15) is 35.1 Å². The van der Waals surface area contributed by atoms with Crippen LogP contribution in [0.3, 0.4) is 0 Å². The summed E-state index contributed by atoms with van der Waals surface area (Å²) in [7, 11) is 0. The number of amides is 1. The van der Waals surface area contributed by atoms with Crippen molar-refractivity contribution in [2.24, 2.45) is 0 Å². The van der Waals surface area contributed by atoms with E-state index in [0.717, 1.165) is 57.8 Å². The van der Waals surface area contributed by atoms with Gasteiger partial charge in [-0.3, -0.25) is 9.59 Å². The van der Waals surface area contributed by atoms with Crippen molar-refractivity contribution in [3.05, 3.63) is 24.3 Å². The van der Waals surface area contributed by atoms with Crippen molar-refractivity contribution < 1.29 is 49.3 Å². The lowest BCUT2D eigenvalue weighted by Crippen LogP contribution is -2.60. The third-order valence-corrected chi connectivity index (χ3v) is 17.6. The molecule has 7 unspecified atom stereocenters. The summed E-state index contributed by atoms with van der Waals surface area (Å²) >= 11 is 0. The largest absolute Gasteiger partial charge is 0.466 e. The van der Waals surface area contributed by atoms with Gasteiger partial charge in [-0.2, -0.15) is 0 Å². The van der Waals surface area contributed by atoms with Gasteiger partial charge in [0.15, 0.2) is 6.29 Å². The summed E-state index contributed by atoms with van der Waals surface area (Å²) in [5, 5.41) is 54.3. The van der Waals surface area contributed by atoms with E-state index in [1.54, 1.807) is 6.08 Å². The molecule has 7 atom stereocenters. The lowest BCUT2D eigenvalue weighted by molar-refractivity contribution is -0.302. The molecule has 0 radical (unpaired) electrons. The Morgan fingerprint density at radius 3 is 1.14 bits per heavy atom. The zero-order chi connectivity index (χ0) is 60.9. The molecule has 1 rings (SSSR count). The molecule has 1 fully saturated rings. The minimum Gasteiger partial charge on any atom is -0.466 e. The number of esters is 1. The van der Waals surface area contributed by atoms with Crippen LogP contribution in [0.1, 0.15) is 367 Å².